The van der Waals surface area contributed by atoms with Crippen LogP contribution in [0, 0.1) is 0 Å². The lowest BCUT2D eigenvalue weighted by molar-refractivity contribution is 0.203. The Kier molecular flexibility index (Phi) is 9.57. The third-order valence-electron chi connectivity index (χ3n) is 13.6. The van der Waals surface area contributed by atoms with E-state index in [2.05, 4.69) is 253 Å². The molecule has 1 aromatic heterocycles. The predicted molar refractivity (Wildman–Crippen MR) is 267 cm³/mol. The summed E-state index contributed by atoms with van der Waals surface area (Å²) in [5.41, 5.74) is 18.1. The van der Waals surface area contributed by atoms with Gasteiger partial charge in [-0.2, -0.15) is 0 Å². The molecule has 1 aliphatic carbocycles. The zero-order chi connectivity index (χ0) is 43.5. The van der Waals surface area contributed by atoms with Crippen molar-refractivity contribution in [3.63, 3.8) is 0 Å². The molecular formula is C60H48N4O. The third kappa shape index (κ3) is 6.84. The molecule has 1 aliphatic heterocycles. The highest BCUT2D eigenvalue weighted by molar-refractivity contribution is 6.16. The number of nitrogens with zero attached hydrogens (tertiary/aromatic N) is 1. The lowest BCUT2D eigenvalue weighted by atomic mass is 9.82. The quantitative estimate of drug-likeness (QED) is 0.142. The Labute approximate surface area is 380 Å². The highest BCUT2D eigenvalue weighted by atomic mass is 16.3. The number of hydrogen-bond acceptors (Lipinski definition) is 5. The average molecular weight is 841 g/mol. The van der Waals surface area contributed by atoms with Gasteiger partial charge in [-0.3, -0.25) is 16.0 Å². The van der Waals surface area contributed by atoms with Gasteiger partial charge in [0.1, 0.15) is 5.58 Å². The maximum atomic E-state index is 7.05. The van der Waals surface area contributed by atoms with E-state index in [4.69, 9.17) is 4.42 Å². The predicted octanol–water partition coefficient (Wildman–Crippen LogP) is 14.9. The molecule has 0 radical (unpaired) electrons. The lowest BCUT2D eigenvalue weighted by Gasteiger charge is -2.39. The summed E-state index contributed by atoms with van der Waals surface area (Å²) in [6.45, 7) is 4.69. The van der Waals surface area contributed by atoms with Crippen molar-refractivity contribution in [2.75, 3.05) is 4.90 Å². The summed E-state index contributed by atoms with van der Waals surface area (Å²) < 4.78 is 7.05. The van der Waals surface area contributed by atoms with E-state index in [0.717, 1.165) is 55.7 Å². The van der Waals surface area contributed by atoms with Crippen LogP contribution in [0.1, 0.15) is 60.2 Å². The first-order valence-corrected chi connectivity index (χ1v) is 22.6. The van der Waals surface area contributed by atoms with Crippen LogP contribution in [0.25, 0.3) is 55.3 Å². The Bertz CT molecular complexity index is 3290. The molecule has 5 nitrogen and oxygen atoms in total. The van der Waals surface area contributed by atoms with E-state index in [1.165, 1.54) is 44.5 Å². The number of anilines is 3. The van der Waals surface area contributed by atoms with Crippen molar-refractivity contribution >= 4 is 39.0 Å². The molecule has 5 heteroatoms. The van der Waals surface area contributed by atoms with Gasteiger partial charge in [0.05, 0.1) is 24.2 Å². The van der Waals surface area contributed by atoms with Gasteiger partial charge in [-0.05, 0) is 104 Å². The van der Waals surface area contributed by atoms with Crippen LogP contribution in [0.2, 0.25) is 0 Å². The summed E-state index contributed by atoms with van der Waals surface area (Å²) in [4.78, 5) is 2.37. The van der Waals surface area contributed by atoms with Gasteiger partial charge in [-0.15, -0.1) is 0 Å². The highest BCUT2D eigenvalue weighted by Crippen LogP contribution is 2.52. The Hall–Kier alpha value is -7.54. The minimum atomic E-state index is -0.149. The zero-order valence-corrected chi connectivity index (χ0v) is 36.4. The van der Waals surface area contributed by atoms with Crippen molar-refractivity contribution in [2.45, 2.75) is 37.8 Å². The van der Waals surface area contributed by atoms with Gasteiger partial charge in [-0.25, -0.2) is 0 Å². The SMILES string of the molecule is CC1(C)c2ccccc2-c2ccc(N(c3ccc(-c4ccccc4)cc3)c3cccc4c3oc3cccc(-c5cccc(C6NC(c7ccccc7)NC(c7ccccc7)N6)c5)c34)cc21. The third-order valence-corrected chi connectivity index (χ3v) is 13.6. The number of benzene rings is 9. The fourth-order valence-corrected chi connectivity index (χ4v) is 10.3. The number of nitrogens with one attached hydrogen (secondary N) is 3. The standard InChI is InChI=1S/C60H48N4O/c1-60(2)51-28-13-12-25-48(51)49-36-35-46(38-52(49)60)64(45-33-31-40(32-34-45)39-17-6-3-7-18-39)53-29-15-27-50-55-47(26-16-30-54(55)65-56(50)53)43-23-14-24-44(37-43)59-62-57(41-19-8-4-9-20-41)61-58(63-59)42-21-10-5-11-22-42/h3-38,57-59,61-63H,1-2H3. The first-order valence-electron chi connectivity index (χ1n) is 22.6. The molecule has 2 heterocycles. The number of para-hydroxylation sites is 1. The molecule has 10 aromatic rings. The fourth-order valence-electron chi connectivity index (χ4n) is 10.3. The molecule has 314 valence electrons. The van der Waals surface area contributed by atoms with Gasteiger partial charge in [0.15, 0.2) is 5.58 Å². The zero-order valence-electron chi connectivity index (χ0n) is 36.4. The van der Waals surface area contributed by atoms with Crippen molar-refractivity contribution in [3.8, 4) is 33.4 Å². The molecule has 0 spiro atoms. The second-order valence-corrected chi connectivity index (χ2v) is 17.8. The van der Waals surface area contributed by atoms with Gasteiger partial charge >= 0.3 is 0 Å². The van der Waals surface area contributed by atoms with Crippen LogP contribution in [-0.2, 0) is 5.41 Å². The molecule has 9 aromatic carbocycles. The lowest BCUT2D eigenvalue weighted by Crippen LogP contribution is -2.54. The van der Waals surface area contributed by atoms with Crippen LogP contribution >= 0.6 is 0 Å². The molecule has 2 unspecified atom stereocenters. The number of furan rings is 1. The number of rotatable bonds is 8. The van der Waals surface area contributed by atoms with Crippen LogP contribution in [0.15, 0.2) is 223 Å². The maximum absolute atomic E-state index is 7.05. The monoisotopic (exact) mass is 840 g/mol. The van der Waals surface area contributed by atoms with Crippen molar-refractivity contribution in [2.24, 2.45) is 0 Å². The van der Waals surface area contributed by atoms with Gasteiger partial charge in [0, 0.05) is 27.6 Å². The van der Waals surface area contributed by atoms with Crippen molar-refractivity contribution in [1.82, 2.24) is 16.0 Å². The molecule has 65 heavy (non-hydrogen) atoms. The van der Waals surface area contributed by atoms with E-state index >= 15 is 0 Å². The van der Waals surface area contributed by atoms with E-state index in [0.29, 0.717) is 0 Å². The maximum Gasteiger partial charge on any atom is 0.159 e. The molecule has 1 fully saturated rings. The fraction of sp³-hybridized carbons (Fsp3) is 0.100. The van der Waals surface area contributed by atoms with Crippen LogP contribution in [-0.4, -0.2) is 0 Å². The smallest absolute Gasteiger partial charge is 0.159 e. The van der Waals surface area contributed by atoms with E-state index in [9.17, 15) is 0 Å². The largest absolute Gasteiger partial charge is 0.454 e. The molecule has 12 rings (SSSR count). The molecular weight excluding hydrogens is 793 g/mol. The second kappa shape index (κ2) is 15.9. The van der Waals surface area contributed by atoms with Gasteiger partial charge in [-0.1, -0.05) is 190 Å². The first-order chi connectivity index (χ1) is 32.0. The first kappa shape index (κ1) is 39.1. The summed E-state index contributed by atoms with van der Waals surface area (Å²) >= 11 is 0. The number of hydrogen-bond donors (Lipinski definition) is 3. The van der Waals surface area contributed by atoms with E-state index in [1.54, 1.807) is 0 Å². The van der Waals surface area contributed by atoms with Crippen molar-refractivity contribution in [1.29, 1.82) is 0 Å². The number of fused-ring (bicyclic) bond motifs is 6. The summed E-state index contributed by atoms with van der Waals surface area (Å²) in [5.74, 6) is 0. The van der Waals surface area contributed by atoms with Crippen molar-refractivity contribution < 1.29 is 4.42 Å². The molecule has 2 aliphatic rings. The van der Waals surface area contributed by atoms with Gasteiger partial charge < -0.3 is 9.32 Å². The summed E-state index contributed by atoms with van der Waals surface area (Å²) in [5, 5.41) is 13.7. The second-order valence-electron chi connectivity index (χ2n) is 17.8. The molecule has 0 bridgehead atoms. The summed E-state index contributed by atoms with van der Waals surface area (Å²) in [7, 11) is 0. The molecule has 2 atom stereocenters. The summed E-state index contributed by atoms with van der Waals surface area (Å²) in [6, 6.07) is 78.5. The van der Waals surface area contributed by atoms with E-state index in [-0.39, 0.29) is 23.9 Å². The van der Waals surface area contributed by atoms with Gasteiger partial charge in [0.25, 0.3) is 0 Å². The van der Waals surface area contributed by atoms with Crippen LogP contribution in [0.3, 0.4) is 0 Å². The van der Waals surface area contributed by atoms with Crippen LogP contribution < -0.4 is 20.9 Å². The molecule has 3 N–H and O–H groups in total. The van der Waals surface area contributed by atoms with E-state index < -0.39 is 0 Å². The minimum absolute atomic E-state index is 0.0551. The Morgan fingerprint density at radius 2 is 0.954 bits per heavy atom. The topological polar surface area (TPSA) is 52.5 Å². The normalized spacial score (nSPS) is 17.5. The van der Waals surface area contributed by atoms with E-state index in [1.807, 2.05) is 0 Å². The minimum Gasteiger partial charge on any atom is -0.454 e. The molecule has 1 saturated heterocycles. The van der Waals surface area contributed by atoms with Crippen LogP contribution in [0.5, 0.6) is 0 Å². The summed E-state index contributed by atoms with van der Waals surface area (Å²) in [6.07, 6.45) is -0.230. The Balaban J connectivity index is 0.972. The van der Waals surface area contributed by atoms with Crippen molar-refractivity contribution in [3.05, 3.63) is 246 Å². The average Bonchev–Trinajstić information content (AvgIpc) is 3.87. The molecule has 0 amide bonds. The molecule has 0 saturated carbocycles. The highest BCUT2D eigenvalue weighted by Gasteiger charge is 2.36. The Morgan fingerprint density at radius 1 is 0.415 bits per heavy atom. The van der Waals surface area contributed by atoms with Crippen LogP contribution in [0.4, 0.5) is 17.1 Å². The van der Waals surface area contributed by atoms with Gasteiger partial charge in [0.2, 0.25) is 0 Å². The Morgan fingerprint density at radius 3 is 1.68 bits per heavy atom.